The summed E-state index contributed by atoms with van der Waals surface area (Å²) >= 11 is 0. The van der Waals surface area contributed by atoms with Gasteiger partial charge in [0.25, 0.3) is 0 Å². The van der Waals surface area contributed by atoms with Crippen molar-refractivity contribution < 1.29 is 68.7 Å². The molecule has 0 fully saturated rings. The van der Waals surface area contributed by atoms with Crippen LogP contribution in [0.4, 0.5) is 0 Å². The fourth-order valence-electron chi connectivity index (χ4n) is 2.68. The molecule has 0 heterocycles. The molecule has 43 heavy (non-hydrogen) atoms. The summed E-state index contributed by atoms with van der Waals surface area (Å²) in [5.74, 6) is -3.58. The normalized spacial score (nSPS) is 12.0. The summed E-state index contributed by atoms with van der Waals surface area (Å²) < 4.78 is 0. The molecule has 0 aliphatic heterocycles. The van der Waals surface area contributed by atoms with E-state index in [0.717, 1.165) is 0 Å². The number of carboxylic acid groups (broad SMARTS) is 2. The summed E-state index contributed by atoms with van der Waals surface area (Å²) in [4.78, 5) is 42.9. The van der Waals surface area contributed by atoms with Crippen LogP contribution in [0.3, 0.4) is 0 Å². The van der Waals surface area contributed by atoms with Crippen molar-refractivity contribution in [3.63, 3.8) is 0 Å². The Kier molecular flexibility index (Phi) is 30.3. The van der Waals surface area contributed by atoms with Gasteiger partial charge in [0.05, 0.1) is 13.2 Å². The molecule has 234 valence electrons. The first-order chi connectivity index (χ1) is 19.0. The number of rotatable bonds is 15. The van der Waals surface area contributed by atoms with E-state index < -0.39 is 46.8 Å². The molecule has 1 aromatic carbocycles. The van der Waals surface area contributed by atoms with Gasteiger partial charge in [-0.1, -0.05) is 45.9 Å². The van der Waals surface area contributed by atoms with E-state index in [0.29, 0.717) is 0 Å². The Morgan fingerprint density at radius 1 is 0.814 bits per heavy atom. The monoisotopic (exact) mass is 628 g/mol. The summed E-state index contributed by atoms with van der Waals surface area (Å²) in [6, 6.07) is 10.1. The smallest absolute Gasteiger partial charge is 0.550 e. The second-order valence-electron chi connectivity index (χ2n) is 10.5. The second kappa shape index (κ2) is 26.9. The SMILES string of the molecule is CC(C)(CO)[C@@H](O)C(=O)NCCCC(=O)[O-].CC(C)(CO)[C@@H](O)C(=O)NCCCC(=O)[O-].C[C-]=Cc1ccccc1.[Ca+2].[Li+]. The van der Waals surface area contributed by atoms with Crippen LogP contribution in [0.25, 0.3) is 6.08 Å². The van der Waals surface area contributed by atoms with Crippen molar-refractivity contribution in [3.8, 4) is 0 Å². The van der Waals surface area contributed by atoms with Crippen LogP contribution in [-0.2, 0) is 19.2 Å². The van der Waals surface area contributed by atoms with Crippen LogP contribution in [0.2, 0.25) is 0 Å². The van der Waals surface area contributed by atoms with Gasteiger partial charge >= 0.3 is 56.6 Å². The number of carboxylic acids is 2. The maximum atomic E-state index is 11.4. The number of hydrogen-bond acceptors (Lipinski definition) is 10. The van der Waals surface area contributed by atoms with E-state index in [9.17, 15) is 39.6 Å². The molecule has 14 heteroatoms. The van der Waals surface area contributed by atoms with Gasteiger partial charge in [0, 0.05) is 35.9 Å². The van der Waals surface area contributed by atoms with Crippen LogP contribution < -0.4 is 39.7 Å². The quantitative estimate of drug-likeness (QED) is 0.0618. The second-order valence-corrected chi connectivity index (χ2v) is 10.5. The van der Waals surface area contributed by atoms with Gasteiger partial charge in [-0.3, -0.25) is 15.7 Å². The number of nitrogens with one attached hydrogen (secondary N) is 2. The standard InChI is InChI=1S/2C10H19NO5.C9H9.Ca.Li/c2*1-10(2,6-12)8(15)9(16)11-5-3-4-7(13)14;1-2-6-9-7-4-3-5-8-9;;/h2*8,12,15H,3-6H2,1-2H3,(H,11,16)(H,13,14);3-8H,1H3;;/q;;-1;+2;+1/p-2/t2*8-;;;/m00.../s1. The number of aliphatic hydroxyl groups excluding tert-OH is 4. The predicted molar refractivity (Wildman–Crippen MR) is 154 cm³/mol. The van der Waals surface area contributed by atoms with Gasteiger partial charge in [0.15, 0.2) is 0 Å². The van der Waals surface area contributed by atoms with Crippen LogP contribution in [0.5, 0.6) is 0 Å². The summed E-state index contributed by atoms with van der Waals surface area (Å²) in [5.41, 5.74) is -0.628. The van der Waals surface area contributed by atoms with Crippen molar-refractivity contribution in [1.82, 2.24) is 10.6 Å². The minimum absolute atomic E-state index is 0. The fourth-order valence-corrected chi connectivity index (χ4v) is 2.68. The van der Waals surface area contributed by atoms with E-state index in [4.69, 9.17) is 10.2 Å². The van der Waals surface area contributed by atoms with E-state index in [1.165, 1.54) is 5.56 Å². The first-order valence-electron chi connectivity index (χ1n) is 13.1. The molecule has 0 aromatic heterocycles. The zero-order chi connectivity index (χ0) is 32.1. The Hall–Kier alpha value is -1.46. The molecular formula is C29H45CaLiN2O10. The van der Waals surface area contributed by atoms with Crippen molar-refractivity contribution in [2.75, 3.05) is 26.3 Å². The summed E-state index contributed by atoms with van der Waals surface area (Å²) in [7, 11) is 0. The van der Waals surface area contributed by atoms with Crippen molar-refractivity contribution >= 4 is 67.6 Å². The van der Waals surface area contributed by atoms with Crippen molar-refractivity contribution in [1.29, 1.82) is 0 Å². The van der Waals surface area contributed by atoms with Gasteiger partial charge in [0.2, 0.25) is 11.8 Å². The molecule has 0 saturated heterocycles. The van der Waals surface area contributed by atoms with Crippen LogP contribution in [-0.4, -0.2) is 120 Å². The first kappa shape index (κ1) is 48.4. The van der Waals surface area contributed by atoms with E-state index in [-0.39, 0.29) is 109 Å². The molecule has 2 atom stereocenters. The Balaban J connectivity index is -0.000000268. The Labute approximate surface area is 296 Å². The number of carbonyl (C=O) groups excluding carboxylic acids is 4. The van der Waals surface area contributed by atoms with Gasteiger partial charge in [-0.2, -0.15) is 5.56 Å². The molecule has 2 amide bonds. The number of aliphatic carboxylic acids is 2. The molecule has 0 unspecified atom stereocenters. The number of carbonyl (C=O) groups is 4. The maximum absolute atomic E-state index is 11.4. The van der Waals surface area contributed by atoms with Gasteiger partial charge in [-0.05, 0) is 25.7 Å². The summed E-state index contributed by atoms with van der Waals surface area (Å²) in [5, 5.41) is 61.9. The third kappa shape index (κ3) is 24.5. The molecule has 0 spiro atoms. The van der Waals surface area contributed by atoms with E-state index in [2.05, 4.69) is 28.8 Å². The largest absolute Gasteiger partial charge is 2.00 e. The minimum atomic E-state index is -1.32. The molecule has 0 bridgehead atoms. The Morgan fingerprint density at radius 3 is 1.44 bits per heavy atom. The predicted octanol–water partition coefficient (Wildman–Crippen LogP) is -4.83. The van der Waals surface area contributed by atoms with Gasteiger partial charge in [0.1, 0.15) is 12.2 Å². The molecule has 0 aliphatic carbocycles. The average molecular weight is 629 g/mol. The molecular weight excluding hydrogens is 583 g/mol. The molecule has 1 aromatic rings. The summed E-state index contributed by atoms with van der Waals surface area (Å²) in [6.07, 6.45) is 2.50. The minimum Gasteiger partial charge on any atom is -0.550 e. The third-order valence-electron chi connectivity index (χ3n) is 5.62. The Bertz CT molecular complexity index is 894. The fraction of sp³-hybridized carbons (Fsp3) is 0.586. The van der Waals surface area contributed by atoms with Crippen molar-refractivity contribution in [3.05, 3.63) is 42.0 Å². The zero-order valence-corrected chi connectivity index (χ0v) is 28.4. The topological polar surface area (TPSA) is 219 Å². The molecule has 12 nitrogen and oxygen atoms in total. The maximum Gasteiger partial charge on any atom is 2.00 e. The average Bonchev–Trinajstić information content (AvgIpc) is 2.93. The number of hydrogen-bond donors (Lipinski definition) is 6. The van der Waals surface area contributed by atoms with E-state index in [1.54, 1.807) is 27.7 Å². The Morgan fingerprint density at radius 2 is 1.16 bits per heavy atom. The van der Waals surface area contributed by atoms with Gasteiger partial charge in [-0.15, -0.1) is 19.1 Å². The third-order valence-corrected chi connectivity index (χ3v) is 5.62. The number of benzene rings is 1. The first-order valence-corrected chi connectivity index (χ1v) is 13.1. The number of allylic oxidation sites excluding steroid dienone is 1. The van der Waals surface area contributed by atoms with Crippen LogP contribution >= 0.6 is 0 Å². The van der Waals surface area contributed by atoms with E-state index in [1.807, 2.05) is 31.2 Å². The van der Waals surface area contributed by atoms with Crippen LogP contribution in [0.15, 0.2) is 30.3 Å². The molecule has 0 aliphatic rings. The van der Waals surface area contributed by atoms with Crippen molar-refractivity contribution in [2.45, 2.75) is 72.5 Å². The molecule has 0 radical (unpaired) electrons. The van der Waals surface area contributed by atoms with Gasteiger partial charge < -0.3 is 50.9 Å². The molecule has 6 N–H and O–H groups in total. The van der Waals surface area contributed by atoms with Crippen LogP contribution in [0, 0.1) is 16.9 Å². The van der Waals surface area contributed by atoms with Gasteiger partial charge in [-0.25, -0.2) is 6.08 Å². The zero-order valence-electron chi connectivity index (χ0n) is 26.2. The number of aliphatic hydroxyl groups is 4. The van der Waals surface area contributed by atoms with Crippen LogP contribution in [0.1, 0.15) is 65.9 Å². The van der Waals surface area contributed by atoms with Crippen molar-refractivity contribution in [2.24, 2.45) is 10.8 Å². The molecule has 1 rings (SSSR count). The summed E-state index contributed by atoms with van der Waals surface area (Å²) in [6.45, 7) is 7.79. The molecule has 0 saturated carbocycles. The number of amides is 2. The van der Waals surface area contributed by atoms with E-state index >= 15 is 0 Å².